The molecule has 0 saturated carbocycles. The Morgan fingerprint density at radius 2 is 1.87 bits per heavy atom. The van der Waals surface area contributed by atoms with E-state index in [1.807, 2.05) is 13.8 Å². The topological polar surface area (TPSA) is 127 Å². The first-order chi connectivity index (χ1) is 14.3. The maximum Gasteiger partial charge on any atom is 0.275 e. The molecule has 1 aromatic carbocycles. The average Bonchev–Trinajstić information content (AvgIpc) is 2.72. The van der Waals surface area contributed by atoms with E-state index < -0.39 is 6.04 Å². The lowest BCUT2D eigenvalue weighted by Crippen LogP contribution is -3.11. The number of quaternary nitrogens is 1. The van der Waals surface area contributed by atoms with Gasteiger partial charge in [-0.3, -0.25) is 14.4 Å². The van der Waals surface area contributed by atoms with Gasteiger partial charge < -0.3 is 30.0 Å². The molecule has 0 aliphatic heterocycles. The Hall–Kier alpha value is -3.14. The lowest BCUT2D eigenvalue weighted by Gasteiger charge is -2.19. The van der Waals surface area contributed by atoms with Crippen LogP contribution in [0.4, 0.5) is 0 Å². The molecular formula is C20H30N5O5+. The highest BCUT2D eigenvalue weighted by Crippen LogP contribution is 2.29. The SMILES string of the molecule is CCNC(=O)[C@H](C)NC(=O)C[NH+](CC)Cc1nc2cc(OC)c(OC)cc2c(=O)[nH]1. The van der Waals surface area contributed by atoms with Crippen LogP contribution in [-0.2, 0) is 16.1 Å². The summed E-state index contributed by atoms with van der Waals surface area (Å²) >= 11 is 0. The van der Waals surface area contributed by atoms with Gasteiger partial charge in [0, 0.05) is 12.6 Å². The summed E-state index contributed by atoms with van der Waals surface area (Å²) in [6.07, 6.45) is 0. The molecule has 0 aliphatic carbocycles. The van der Waals surface area contributed by atoms with Crippen molar-refractivity contribution in [3.05, 3.63) is 28.3 Å². The van der Waals surface area contributed by atoms with E-state index >= 15 is 0 Å². The van der Waals surface area contributed by atoms with Gasteiger partial charge in [-0.2, -0.15) is 0 Å². The molecule has 1 unspecified atom stereocenters. The molecule has 164 valence electrons. The molecule has 30 heavy (non-hydrogen) atoms. The third-order valence-corrected chi connectivity index (χ3v) is 4.71. The zero-order valence-corrected chi connectivity index (χ0v) is 18.0. The molecule has 0 aliphatic rings. The number of rotatable bonds is 10. The summed E-state index contributed by atoms with van der Waals surface area (Å²) in [4.78, 5) is 44.8. The number of aromatic amines is 1. The maximum absolute atomic E-state index is 12.5. The van der Waals surface area contributed by atoms with Gasteiger partial charge in [-0.25, -0.2) is 4.98 Å². The molecule has 1 heterocycles. The molecule has 2 rings (SSSR count). The minimum Gasteiger partial charge on any atom is -0.493 e. The Labute approximate surface area is 175 Å². The molecule has 2 atom stereocenters. The second kappa shape index (κ2) is 10.6. The first-order valence-electron chi connectivity index (χ1n) is 9.88. The first-order valence-corrected chi connectivity index (χ1v) is 9.88. The third kappa shape index (κ3) is 5.69. The number of hydrogen-bond acceptors (Lipinski definition) is 6. The summed E-state index contributed by atoms with van der Waals surface area (Å²) < 4.78 is 10.5. The van der Waals surface area contributed by atoms with E-state index in [4.69, 9.17) is 9.47 Å². The monoisotopic (exact) mass is 420 g/mol. The molecule has 0 fully saturated rings. The fourth-order valence-electron chi connectivity index (χ4n) is 3.06. The van der Waals surface area contributed by atoms with Crippen LogP contribution in [0.1, 0.15) is 26.6 Å². The molecule has 10 heteroatoms. The largest absolute Gasteiger partial charge is 0.493 e. The van der Waals surface area contributed by atoms with Gasteiger partial charge in [0.2, 0.25) is 5.91 Å². The fraction of sp³-hybridized carbons (Fsp3) is 0.500. The number of H-pyrrole nitrogens is 1. The second-order valence-corrected chi connectivity index (χ2v) is 6.88. The number of fused-ring (bicyclic) bond motifs is 1. The molecule has 2 amide bonds. The van der Waals surface area contributed by atoms with Crippen LogP contribution in [0.25, 0.3) is 10.9 Å². The van der Waals surface area contributed by atoms with Crippen molar-refractivity contribution in [1.29, 1.82) is 0 Å². The third-order valence-electron chi connectivity index (χ3n) is 4.71. The number of amides is 2. The summed E-state index contributed by atoms with van der Waals surface area (Å²) in [6.45, 7) is 7.02. The van der Waals surface area contributed by atoms with Gasteiger partial charge in [0.15, 0.2) is 23.9 Å². The van der Waals surface area contributed by atoms with Crippen molar-refractivity contribution in [3.63, 3.8) is 0 Å². The minimum atomic E-state index is -0.614. The molecule has 0 spiro atoms. The van der Waals surface area contributed by atoms with Crippen molar-refractivity contribution in [2.24, 2.45) is 0 Å². The van der Waals surface area contributed by atoms with Gasteiger partial charge in [0.25, 0.3) is 11.5 Å². The first kappa shape index (κ1) is 23.1. The Morgan fingerprint density at radius 3 is 2.47 bits per heavy atom. The maximum atomic E-state index is 12.5. The highest BCUT2D eigenvalue weighted by molar-refractivity contribution is 5.87. The Bertz CT molecular complexity index is 958. The highest BCUT2D eigenvalue weighted by Gasteiger charge is 2.20. The zero-order valence-electron chi connectivity index (χ0n) is 18.0. The van der Waals surface area contributed by atoms with E-state index in [1.54, 1.807) is 19.1 Å². The Morgan fingerprint density at radius 1 is 1.20 bits per heavy atom. The molecule has 4 N–H and O–H groups in total. The number of carbonyl (C=O) groups excluding carboxylic acids is 2. The second-order valence-electron chi connectivity index (χ2n) is 6.88. The van der Waals surface area contributed by atoms with Crippen molar-refractivity contribution in [1.82, 2.24) is 20.6 Å². The summed E-state index contributed by atoms with van der Waals surface area (Å²) in [7, 11) is 3.01. The molecule has 2 aromatic rings. The molecule has 0 radical (unpaired) electrons. The van der Waals surface area contributed by atoms with Crippen LogP contribution < -0.4 is 30.6 Å². The van der Waals surface area contributed by atoms with Crippen LogP contribution in [0.5, 0.6) is 11.5 Å². The van der Waals surface area contributed by atoms with Gasteiger partial charge in [-0.05, 0) is 26.8 Å². The number of aromatic nitrogens is 2. The summed E-state index contributed by atoms with van der Waals surface area (Å²) in [5.41, 5.74) is 0.192. The normalized spacial score (nSPS) is 12.8. The van der Waals surface area contributed by atoms with Crippen LogP contribution in [0.3, 0.4) is 0 Å². The number of nitrogens with one attached hydrogen (secondary N) is 4. The smallest absolute Gasteiger partial charge is 0.275 e. The van der Waals surface area contributed by atoms with E-state index in [0.717, 1.165) is 4.90 Å². The molecule has 0 saturated heterocycles. The van der Waals surface area contributed by atoms with Gasteiger partial charge in [-0.15, -0.1) is 0 Å². The van der Waals surface area contributed by atoms with Crippen molar-refractivity contribution in [3.8, 4) is 11.5 Å². The number of nitrogens with zero attached hydrogens (tertiary/aromatic N) is 1. The van der Waals surface area contributed by atoms with Gasteiger partial charge >= 0.3 is 0 Å². The minimum absolute atomic E-state index is 0.147. The fourth-order valence-corrected chi connectivity index (χ4v) is 3.06. The number of hydrogen-bond donors (Lipinski definition) is 4. The van der Waals surface area contributed by atoms with E-state index in [9.17, 15) is 14.4 Å². The molecule has 1 aromatic heterocycles. The number of carbonyl (C=O) groups is 2. The number of methoxy groups -OCH3 is 2. The van der Waals surface area contributed by atoms with E-state index in [0.29, 0.717) is 47.9 Å². The van der Waals surface area contributed by atoms with Crippen molar-refractivity contribution >= 4 is 22.7 Å². The van der Waals surface area contributed by atoms with Crippen molar-refractivity contribution in [2.75, 3.05) is 33.9 Å². The predicted octanol–water partition coefficient (Wildman–Crippen LogP) is -1.01. The van der Waals surface area contributed by atoms with E-state index in [-0.39, 0.29) is 23.9 Å². The van der Waals surface area contributed by atoms with Crippen LogP contribution >= 0.6 is 0 Å². The molecular weight excluding hydrogens is 390 g/mol. The quantitative estimate of drug-likeness (QED) is 0.390. The summed E-state index contributed by atoms with van der Waals surface area (Å²) in [6, 6.07) is 2.63. The van der Waals surface area contributed by atoms with Gasteiger partial charge in [0.05, 0.1) is 31.7 Å². The Kier molecular flexibility index (Phi) is 8.16. The van der Waals surface area contributed by atoms with Gasteiger partial charge in [0.1, 0.15) is 12.6 Å². The van der Waals surface area contributed by atoms with Crippen LogP contribution in [0.2, 0.25) is 0 Å². The van der Waals surface area contributed by atoms with Gasteiger partial charge in [-0.1, -0.05) is 0 Å². The number of likely N-dealkylation sites (N-methyl/N-ethyl adjacent to an activating group) is 2. The predicted molar refractivity (Wildman–Crippen MR) is 112 cm³/mol. The lowest BCUT2D eigenvalue weighted by molar-refractivity contribution is -0.904. The molecule has 10 nitrogen and oxygen atoms in total. The Balaban J connectivity index is 2.15. The van der Waals surface area contributed by atoms with Crippen LogP contribution in [0, 0.1) is 0 Å². The standard InChI is InChI=1S/C20H29N5O5/c1-6-21-19(27)12(3)22-18(26)11-25(7-2)10-17-23-14-9-16(30-5)15(29-4)8-13(14)20(28)24-17/h8-9,12H,6-7,10-11H2,1-5H3,(H,21,27)(H,22,26)(H,23,24,28)/p+1/t12-/m0/s1. The van der Waals surface area contributed by atoms with Crippen molar-refractivity contribution in [2.45, 2.75) is 33.4 Å². The van der Waals surface area contributed by atoms with Crippen molar-refractivity contribution < 1.29 is 24.0 Å². The van der Waals surface area contributed by atoms with Crippen LogP contribution in [0.15, 0.2) is 16.9 Å². The average molecular weight is 420 g/mol. The molecule has 0 bridgehead atoms. The van der Waals surface area contributed by atoms with E-state index in [2.05, 4.69) is 20.6 Å². The summed E-state index contributed by atoms with van der Waals surface area (Å²) in [5, 5.41) is 5.75. The zero-order chi connectivity index (χ0) is 22.3. The van der Waals surface area contributed by atoms with E-state index in [1.165, 1.54) is 14.2 Å². The number of ether oxygens (including phenoxy) is 2. The highest BCUT2D eigenvalue weighted by atomic mass is 16.5. The lowest BCUT2D eigenvalue weighted by atomic mass is 10.2. The van der Waals surface area contributed by atoms with Crippen LogP contribution in [-0.4, -0.2) is 61.7 Å². The number of benzene rings is 1. The summed E-state index contributed by atoms with van der Waals surface area (Å²) in [5.74, 6) is 0.909.